The molecular formula is C18H26N2O4. The molecule has 0 aromatic heterocycles. The van der Waals surface area contributed by atoms with E-state index in [2.05, 4.69) is 0 Å². The average molecular weight is 334 g/mol. The molecule has 132 valence electrons. The minimum Gasteiger partial charge on any atom is -0.448 e. The largest absolute Gasteiger partial charge is 0.448 e. The first-order chi connectivity index (χ1) is 11.3. The van der Waals surface area contributed by atoms with E-state index in [4.69, 9.17) is 9.47 Å². The van der Waals surface area contributed by atoms with Crippen LogP contribution in [0.1, 0.15) is 32.8 Å². The Labute approximate surface area is 143 Å². The second-order valence-corrected chi connectivity index (χ2v) is 6.84. The van der Waals surface area contributed by atoms with Gasteiger partial charge in [-0.3, -0.25) is 0 Å². The number of amides is 2. The van der Waals surface area contributed by atoms with Crippen LogP contribution in [0.15, 0.2) is 30.3 Å². The Bertz CT molecular complexity index is 554. The number of benzene rings is 1. The Morgan fingerprint density at radius 2 is 1.88 bits per heavy atom. The first-order valence-corrected chi connectivity index (χ1v) is 8.29. The maximum atomic E-state index is 12.2. The molecule has 0 spiro atoms. The highest BCUT2D eigenvalue weighted by Crippen LogP contribution is 2.13. The van der Waals surface area contributed by atoms with Crippen molar-refractivity contribution >= 4 is 12.2 Å². The molecule has 1 aromatic carbocycles. The van der Waals surface area contributed by atoms with Gasteiger partial charge in [0.05, 0.1) is 6.54 Å². The summed E-state index contributed by atoms with van der Waals surface area (Å²) in [5, 5.41) is 0. The van der Waals surface area contributed by atoms with Crippen molar-refractivity contribution in [3.05, 3.63) is 35.9 Å². The van der Waals surface area contributed by atoms with Crippen LogP contribution in [0.5, 0.6) is 0 Å². The predicted molar refractivity (Wildman–Crippen MR) is 90.6 cm³/mol. The molecule has 0 unspecified atom stereocenters. The van der Waals surface area contributed by atoms with Gasteiger partial charge in [0.25, 0.3) is 0 Å². The lowest BCUT2D eigenvalue weighted by Crippen LogP contribution is -2.39. The van der Waals surface area contributed by atoms with Gasteiger partial charge in [-0.05, 0) is 32.8 Å². The number of nitrogens with zero attached hydrogens (tertiary/aromatic N) is 2. The van der Waals surface area contributed by atoms with E-state index in [9.17, 15) is 9.59 Å². The van der Waals surface area contributed by atoms with E-state index >= 15 is 0 Å². The molecule has 0 N–H and O–H groups in total. The van der Waals surface area contributed by atoms with Gasteiger partial charge >= 0.3 is 12.2 Å². The van der Waals surface area contributed by atoms with Crippen LogP contribution < -0.4 is 0 Å². The van der Waals surface area contributed by atoms with Gasteiger partial charge in [0.2, 0.25) is 0 Å². The summed E-state index contributed by atoms with van der Waals surface area (Å²) < 4.78 is 10.7. The topological polar surface area (TPSA) is 59.1 Å². The van der Waals surface area contributed by atoms with Crippen molar-refractivity contribution in [2.45, 2.75) is 39.3 Å². The quantitative estimate of drug-likeness (QED) is 0.833. The van der Waals surface area contributed by atoms with Gasteiger partial charge in [0.1, 0.15) is 12.2 Å². The Hall–Kier alpha value is -2.24. The second kappa shape index (κ2) is 8.04. The van der Waals surface area contributed by atoms with Crippen LogP contribution in [0.4, 0.5) is 9.59 Å². The third-order valence-electron chi connectivity index (χ3n) is 3.57. The minimum atomic E-state index is -0.536. The van der Waals surface area contributed by atoms with E-state index in [0.29, 0.717) is 32.6 Å². The monoisotopic (exact) mass is 334 g/mol. The third-order valence-corrected chi connectivity index (χ3v) is 3.57. The molecule has 0 atom stereocenters. The molecule has 2 rings (SSSR count). The molecule has 6 heteroatoms. The number of hydrogen-bond donors (Lipinski definition) is 0. The normalized spacial score (nSPS) is 16.7. The van der Waals surface area contributed by atoms with E-state index in [1.807, 2.05) is 51.1 Å². The Morgan fingerprint density at radius 1 is 1.17 bits per heavy atom. The van der Waals surface area contributed by atoms with Gasteiger partial charge in [-0.2, -0.15) is 0 Å². The number of carbonyl (C=O) groups is 2. The summed E-state index contributed by atoms with van der Waals surface area (Å²) in [5.74, 6) is 0. The van der Waals surface area contributed by atoms with E-state index in [0.717, 1.165) is 5.56 Å². The zero-order chi connectivity index (χ0) is 17.6. The molecule has 1 fully saturated rings. The highest BCUT2D eigenvalue weighted by Gasteiger charge is 2.24. The maximum Gasteiger partial charge on any atom is 0.410 e. The van der Waals surface area contributed by atoms with E-state index in [-0.39, 0.29) is 18.8 Å². The third kappa shape index (κ3) is 5.76. The number of cyclic esters (lactones) is 1. The summed E-state index contributed by atoms with van der Waals surface area (Å²) in [6.45, 7) is 7.60. The second-order valence-electron chi connectivity index (χ2n) is 6.84. The summed E-state index contributed by atoms with van der Waals surface area (Å²) in [7, 11) is 0. The SMILES string of the molecule is CC(C)(C)OC(=O)N1CCCN(Cc2ccccc2)C(=O)OCC1. The van der Waals surface area contributed by atoms with Gasteiger partial charge in [-0.25, -0.2) is 9.59 Å². The zero-order valence-electron chi connectivity index (χ0n) is 14.7. The Kier molecular flexibility index (Phi) is 6.06. The van der Waals surface area contributed by atoms with Crippen molar-refractivity contribution in [3.63, 3.8) is 0 Å². The average Bonchev–Trinajstić information content (AvgIpc) is 2.59. The molecule has 0 radical (unpaired) electrons. The van der Waals surface area contributed by atoms with E-state index in [1.165, 1.54) is 0 Å². The fourth-order valence-electron chi connectivity index (χ4n) is 2.45. The Morgan fingerprint density at radius 3 is 2.54 bits per heavy atom. The van der Waals surface area contributed by atoms with Crippen molar-refractivity contribution in [3.8, 4) is 0 Å². The summed E-state index contributed by atoms with van der Waals surface area (Å²) in [6.07, 6.45) is -0.0267. The lowest BCUT2D eigenvalue weighted by atomic mass is 10.2. The van der Waals surface area contributed by atoms with Crippen LogP contribution >= 0.6 is 0 Å². The van der Waals surface area contributed by atoms with Gasteiger partial charge in [-0.15, -0.1) is 0 Å². The first-order valence-electron chi connectivity index (χ1n) is 8.29. The van der Waals surface area contributed by atoms with Gasteiger partial charge in [0.15, 0.2) is 0 Å². The molecule has 1 heterocycles. The minimum absolute atomic E-state index is 0.170. The van der Waals surface area contributed by atoms with Gasteiger partial charge in [-0.1, -0.05) is 30.3 Å². The van der Waals surface area contributed by atoms with Crippen molar-refractivity contribution in [2.24, 2.45) is 0 Å². The molecule has 0 aliphatic carbocycles. The lowest BCUT2D eigenvalue weighted by molar-refractivity contribution is 0.0214. The van der Waals surface area contributed by atoms with Crippen LogP contribution in [-0.4, -0.2) is 53.8 Å². The van der Waals surface area contributed by atoms with E-state index < -0.39 is 5.60 Å². The lowest BCUT2D eigenvalue weighted by Gasteiger charge is -2.26. The zero-order valence-corrected chi connectivity index (χ0v) is 14.7. The summed E-state index contributed by atoms with van der Waals surface area (Å²) in [6, 6.07) is 9.79. The molecule has 1 aromatic rings. The summed E-state index contributed by atoms with van der Waals surface area (Å²) in [5.41, 5.74) is 0.517. The molecular weight excluding hydrogens is 308 g/mol. The molecule has 1 aliphatic heterocycles. The van der Waals surface area contributed by atoms with Crippen LogP contribution in [0.25, 0.3) is 0 Å². The fraction of sp³-hybridized carbons (Fsp3) is 0.556. The van der Waals surface area contributed by atoms with E-state index in [1.54, 1.807) is 9.80 Å². The smallest absolute Gasteiger partial charge is 0.410 e. The van der Waals surface area contributed by atoms with Crippen molar-refractivity contribution in [1.82, 2.24) is 9.80 Å². The van der Waals surface area contributed by atoms with Gasteiger partial charge in [0, 0.05) is 19.6 Å². The molecule has 24 heavy (non-hydrogen) atoms. The summed E-state index contributed by atoms with van der Waals surface area (Å²) in [4.78, 5) is 27.7. The van der Waals surface area contributed by atoms with Crippen LogP contribution in [0.3, 0.4) is 0 Å². The highest BCUT2D eigenvalue weighted by atomic mass is 16.6. The number of ether oxygens (including phenoxy) is 2. The Balaban J connectivity index is 1.95. The molecule has 0 bridgehead atoms. The number of carbonyl (C=O) groups excluding carboxylic acids is 2. The van der Waals surface area contributed by atoms with Crippen LogP contribution in [0, 0.1) is 0 Å². The molecule has 6 nitrogen and oxygen atoms in total. The number of hydrogen-bond acceptors (Lipinski definition) is 4. The first kappa shape index (κ1) is 18.1. The van der Waals surface area contributed by atoms with Gasteiger partial charge < -0.3 is 19.3 Å². The van der Waals surface area contributed by atoms with Crippen molar-refractivity contribution in [1.29, 1.82) is 0 Å². The predicted octanol–water partition coefficient (Wildman–Crippen LogP) is 3.27. The number of rotatable bonds is 2. The molecule has 0 saturated carbocycles. The van der Waals surface area contributed by atoms with Crippen molar-refractivity contribution < 1.29 is 19.1 Å². The molecule has 1 aliphatic rings. The highest BCUT2D eigenvalue weighted by molar-refractivity contribution is 5.69. The fourth-order valence-corrected chi connectivity index (χ4v) is 2.45. The summed E-state index contributed by atoms with van der Waals surface area (Å²) >= 11 is 0. The molecule has 2 amide bonds. The van der Waals surface area contributed by atoms with Crippen LogP contribution in [-0.2, 0) is 16.0 Å². The van der Waals surface area contributed by atoms with Crippen LogP contribution in [0.2, 0.25) is 0 Å². The van der Waals surface area contributed by atoms with Crippen molar-refractivity contribution in [2.75, 3.05) is 26.2 Å². The standard InChI is InChI=1S/C18H26N2O4/c1-18(2,3)24-17(22)19-10-7-11-20(16(21)23-13-12-19)14-15-8-5-4-6-9-15/h4-6,8-9H,7,10-14H2,1-3H3. The molecule has 1 saturated heterocycles. The maximum absolute atomic E-state index is 12.2.